The van der Waals surface area contributed by atoms with Crippen molar-refractivity contribution in [2.45, 2.75) is 63.6 Å². The van der Waals surface area contributed by atoms with Gasteiger partial charge in [-0.2, -0.15) is 5.26 Å². The van der Waals surface area contributed by atoms with Gasteiger partial charge < -0.3 is 5.32 Å². The maximum absolute atomic E-state index is 9.20. The van der Waals surface area contributed by atoms with E-state index in [9.17, 15) is 5.26 Å². The van der Waals surface area contributed by atoms with Gasteiger partial charge in [0.25, 0.3) is 0 Å². The van der Waals surface area contributed by atoms with Crippen LogP contribution in [0.2, 0.25) is 0 Å². The first-order valence-corrected chi connectivity index (χ1v) is 6.18. The second-order valence-electron chi connectivity index (χ2n) is 5.96. The van der Waals surface area contributed by atoms with Gasteiger partial charge in [0.15, 0.2) is 0 Å². The molecule has 1 aliphatic rings. The average molecular weight is 223 g/mol. The molecule has 0 heterocycles. The fourth-order valence-corrected chi connectivity index (χ4v) is 2.45. The van der Waals surface area contributed by atoms with Gasteiger partial charge in [0.2, 0.25) is 0 Å². The number of nitrogens with one attached hydrogen (secondary N) is 1. The molecular formula is C13H25N3. The van der Waals surface area contributed by atoms with Crippen molar-refractivity contribution in [3.05, 3.63) is 0 Å². The Morgan fingerprint density at radius 3 is 2.12 bits per heavy atom. The molecule has 0 unspecified atom stereocenters. The molecule has 92 valence electrons. The van der Waals surface area contributed by atoms with Gasteiger partial charge in [0.05, 0.1) is 6.07 Å². The molecule has 3 nitrogen and oxygen atoms in total. The molecule has 0 radical (unpaired) electrons. The summed E-state index contributed by atoms with van der Waals surface area (Å²) in [4.78, 5) is 2.45. The van der Waals surface area contributed by atoms with Crippen molar-refractivity contribution in [2.24, 2.45) is 0 Å². The molecule has 3 heteroatoms. The summed E-state index contributed by atoms with van der Waals surface area (Å²) in [5.41, 5.74) is -0.0494. The van der Waals surface area contributed by atoms with Crippen molar-refractivity contribution in [1.82, 2.24) is 10.2 Å². The highest BCUT2D eigenvalue weighted by Crippen LogP contribution is 2.32. The van der Waals surface area contributed by atoms with Crippen LogP contribution in [0.5, 0.6) is 0 Å². The molecule has 1 N–H and O–H groups in total. The van der Waals surface area contributed by atoms with Gasteiger partial charge in [-0.1, -0.05) is 0 Å². The van der Waals surface area contributed by atoms with Crippen LogP contribution in [0.1, 0.15) is 46.5 Å². The van der Waals surface area contributed by atoms with Crippen molar-refractivity contribution in [3.8, 4) is 6.07 Å². The number of rotatable bonds is 2. The summed E-state index contributed by atoms with van der Waals surface area (Å²) in [5.74, 6) is 0. The molecule has 1 fully saturated rings. The van der Waals surface area contributed by atoms with Crippen molar-refractivity contribution in [1.29, 1.82) is 5.26 Å². The van der Waals surface area contributed by atoms with Gasteiger partial charge in [0, 0.05) is 11.6 Å². The molecule has 0 amide bonds. The Labute approximate surface area is 99.8 Å². The van der Waals surface area contributed by atoms with Crippen LogP contribution in [-0.2, 0) is 0 Å². The minimum Gasteiger partial charge on any atom is -0.302 e. The lowest BCUT2D eigenvalue weighted by Crippen LogP contribution is -2.52. The average Bonchev–Trinajstić information content (AvgIpc) is 2.27. The molecule has 0 aliphatic heterocycles. The van der Waals surface area contributed by atoms with Crippen LogP contribution in [0.15, 0.2) is 0 Å². The first kappa shape index (κ1) is 13.5. The topological polar surface area (TPSA) is 39.1 Å². The minimum atomic E-state index is -0.269. The van der Waals surface area contributed by atoms with Gasteiger partial charge in [-0.3, -0.25) is 4.90 Å². The van der Waals surface area contributed by atoms with E-state index < -0.39 is 0 Å². The number of nitrogens with zero attached hydrogens (tertiary/aromatic N) is 2. The maximum atomic E-state index is 9.20. The number of nitriles is 1. The fraction of sp³-hybridized carbons (Fsp3) is 0.923. The van der Waals surface area contributed by atoms with Gasteiger partial charge in [-0.25, -0.2) is 0 Å². The zero-order chi connectivity index (χ0) is 12.4. The Hall–Kier alpha value is -0.590. The molecule has 0 spiro atoms. The van der Waals surface area contributed by atoms with E-state index in [4.69, 9.17) is 0 Å². The van der Waals surface area contributed by atoms with Gasteiger partial charge in [-0.15, -0.1) is 0 Å². The van der Waals surface area contributed by atoms with E-state index in [1.165, 1.54) is 0 Å². The predicted molar refractivity (Wildman–Crippen MR) is 67.2 cm³/mol. The highest BCUT2D eigenvalue weighted by Gasteiger charge is 2.37. The smallest absolute Gasteiger partial charge is 0.106 e. The standard InChI is InChI=1S/C13H25N3/c1-12(2,3)16(5)11-6-8-13(10-14,15-4)9-7-11/h11,15H,6-9H2,1-5H3. The van der Waals surface area contributed by atoms with Crippen LogP contribution in [-0.4, -0.2) is 36.1 Å². The normalized spacial score (nSPS) is 31.4. The lowest BCUT2D eigenvalue weighted by molar-refractivity contribution is 0.0765. The number of hydrogen-bond donors (Lipinski definition) is 1. The zero-order valence-corrected chi connectivity index (χ0v) is 11.3. The van der Waals surface area contributed by atoms with E-state index in [0.29, 0.717) is 6.04 Å². The van der Waals surface area contributed by atoms with Gasteiger partial charge >= 0.3 is 0 Å². The van der Waals surface area contributed by atoms with Crippen molar-refractivity contribution >= 4 is 0 Å². The summed E-state index contributed by atoms with van der Waals surface area (Å²) in [6, 6.07) is 3.06. The maximum Gasteiger partial charge on any atom is 0.106 e. The van der Waals surface area contributed by atoms with E-state index in [1.54, 1.807) is 0 Å². The Morgan fingerprint density at radius 2 is 1.81 bits per heavy atom. The summed E-state index contributed by atoms with van der Waals surface area (Å²) >= 11 is 0. The minimum absolute atomic E-state index is 0.219. The first-order chi connectivity index (χ1) is 7.34. The molecule has 0 aromatic carbocycles. The summed E-state index contributed by atoms with van der Waals surface area (Å²) < 4.78 is 0. The highest BCUT2D eigenvalue weighted by atomic mass is 15.2. The van der Waals surface area contributed by atoms with Crippen LogP contribution in [0.3, 0.4) is 0 Å². The molecular weight excluding hydrogens is 198 g/mol. The van der Waals surface area contributed by atoms with E-state index in [1.807, 2.05) is 7.05 Å². The van der Waals surface area contributed by atoms with Crippen LogP contribution in [0.25, 0.3) is 0 Å². The van der Waals surface area contributed by atoms with Crippen molar-refractivity contribution in [2.75, 3.05) is 14.1 Å². The highest BCUT2D eigenvalue weighted by molar-refractivity contribution is 5.09. The SMILES string of the molecule is CNC1(C#N)CCC(N(C)C(C)(C)C)CC1. The largest absolute Gasteiger partial charge is 0.302 e. The van der Waals surface area contributed by atoms with E-state index >= 15 is 0 Å². The Balaban J connectivity index is 2.59. The molecule has 0 bridgehead atoms. The van der Waals surface area contributed by atoms with E-state index in [-0.39, 0.29) is 11.1 Å². The fourth-order valence-electron chi connectivity index (χ4n) is 2.45. The third kappa shape index (κ3) is 2.75. The summed E-state index contributed by atoms with van der Waals surface area (Å²) in [6.45, 7) is 6.74. The monoisotopic (exact) mass is 223 g/mol. The third-order valence-corrected chi connectivity index (χ3v) is 4.11. The van der Waals surface area contributed by atoms with Crippen LogP contribution < -0.4 is 5.32 Å². The Bertz CT molecular complexity index is 264. The number of hydrogen-bond acceptors (Lipinski definition) is 3. The van der Waals surface area contributed by atoms with Crippen molar-refractivity contribution in [3.63, 3.8) is 0 Å². The molecule has 0 atom stereocenters. The van der Waals surface area contributed by atoms with Crippen LogP contribution in [0.4, 0.5) is 0 Å². The summed E-state index contributed by atoms with van der Waals surface area (Å²) in [6.07, 6.45) is 4.15. The van der Waals surface area contributed by atoms with Crippen LogP contribution in [0, 0.1) is 11.3 Å². The summed E-state index contributed by atoms with van der Waals surface area (Å²) in [5, 5.41) is 12.4. The zero-order valence-electron chi connectivity index (χ0n) is 11.3. The first-order valence-electron chi connectivity index (χ1n) is 6.18. The third-order valence-electron chi connectivity index (χ3n) is 4.11. The predicted octanol–water partition coefficient (Wildman–Crippen LogP) is 2.14. The second-order valence-corrected chi connectivity index (χ2v) is 5.96. The lowest BCUT2D eigenvalue weighted by Gasteiger charge is -2.44. The molecule has 1 aliphatic carbocycles. The molecule has 0 aromatic rings. The molecule has 0 aromatic heterocycles. The second kappa shape index (κ2) is 4.73. The molecule has 1 saturated carbocycles. The Kier molecular flexibility index (Phi) is 3.98. The van der Waals surface area contributed by atoms with E-state index in [2.05, 4.69) is 44.1 Å². The quantitative estimate of drug-likeness (QED) is 0.779. The van der Waals surface area contributed by atoms with Crippen LogP contribution >= 0.6 is 0 Å². The summed E-state index contributed by atoms with van der Waals surface area (Å²) in [7, 11) is 4.10. The van der Waals surface area contributed by atoms with Gasteiger partial charge in [0.1, 0.15) is 5.54 Å². The molecule has 16 heavy (non-hydrogen) atoms. The Morgan fingerprint density at radius 1 is 1.31 bits per heavy atom. The molecule has 1 rings (SSSR count). The van der Waals surface area contributed by atoms with E-state index in [0.717, 1.165) is 25.7 Å². The lowest BCUT2D eigenvalue weighted by atomic mass is 9.79. The van der Waals surface area contributed by atoms with Gasteiger partial charge in [-0.05, 0) is 60.5 Å². The van der Waals surface area contributed by atoms with Crippen molar-refractivity contribution < 1.29 is 0 Å². The molecule has 0 saturated heterocycles.